The molecule has 0 amide bonds. The zero-order chi connectivity index (χ0) is 19.6. The molecule has 1 N–H and O–H groups in total. The molecule has 0 aliphatic carbocycles. The molecule has 0 aliphatic heterocycles. The summed E-state index contributed by atoms with van der Waals surface area (Å²) in [7, 11) is 0. The summed E-state index contributed by atoms with van der Waals surface area (Å²) in [6.07, 6.45) is 0. The van der Waals surface area contributed by atoms with Gasteiger partial charge in [-0.25, -0.2) is 4.98 Å². The Labute approximate surface area is 181 Å². The summed E-state index contributed by atoms with van der Waals surface area (Å²) in [6, 6.07) is 30.7. The number of nitrogens with one attached hydrogen (secondary N) is 1. The third-order valence-corrected chi connectivity index (χ3v) is 6.40. The molecule has 3 nitrogen and oxygen atoms in total. The molecule has 0 bridgehead atoms. The molecule has 0 saturated carbocycles. The number of para-hydroxylation sites is 2. The molecular weight excluding hydrogens is 444 g/mol. The number of aromatic amines is 1. The minimum Gasteiger partial charge on any atom is -0.460 e. The van der Waals surface area contributed by atoms with Crippen LogP contribution in [0.5, 0.6) is 0 Å². The molecule has 5 aromatic rings. The minimum atomic E-state index is 0.000889. The van der Waals surface area contributed by atoms with Crippen LogP contribution in [-0.2, 0) is 0 Å². The average Bonchev–Trinajstić information content (AvgIpc) is 3.40. The average molecular weight is 461 g/mol. The molecule has 2 heterocycles. The van der Waals surface area contributed by atoms with Crippen LogP contribution in [0.2, 0.25) is 0 Å². The zero-order valence-electron chi connectivity index (χ0n) is 15.4. The van der Waals surface area contributed by atoms with Crippen molar-refractivity contribution in [2.75, 3.05) is 0 Å². The first-order valence-electron chi connectivity index (χ1n) is 9.28. The van der Waals surface area contributed by atoms with E-state index in [9.17, 15) is 0 Å². The lowest BCUT2D eigenvalue weighted by Gasteiger charge is -2.13. The van der Waals surface area contributed by atoms with Crippen molar-refractivity contribution < 1.29 is 4.42 Å². The van der Waals surface area contributed by atoms with Gasteiger partial charge in [0.05, 0.1) is 16.3 Å². The molecule has 5 heteroatoms. The number of hydrogen-bond acceptors (Lipinski definition) is 3. The lowest BCUT2D eigenvalue weighted by molar-refractivity contribution is 0.531. The van der Waals surface area contributed by atoms with Gasteiger partial charge in [0.2, 0.25) is 0 Å². The van der Waals surface area contributed by atoms with Crippen molar-refractivity contribution in [2.24, 2.45) is 0 Å². The van der Waals surface area contributed by atoms with Crippen LogP contribution in [0.25, 0.3) is 22.4 Å². The van der Waals surface area contributed by atoms with E-state index in [0.717, 1.165) is 37.7 Å². The molecular formula is C24H17BrN2OS. The van der Waals surface area contributed by atoms with Crippen molar-refractivity contribution in [2.45, 2.75) is 10.4 Å². The molecule has 3 aromatic carbocycles. The summed E-state index contributed by atoms with van der Waals surface area (Å²) < 4.78 is 7.35. The highest BCUT2D eigenvalue weighted by Crippen LogP contribution is 2.41. The van der Waals surface area contributed by atoms with Crippen molar-refractivity contribution in [3.05, 3.63) is 107 Å². The number of hydrogen-bond donors (Lipinski definition) is 1. The lowest BCUT2D eigenvalue weighted by atomic mass is 10.1. The van der Waals surface area contributed by atoms with Crippen molar-refractivity contribution >= 4 is 38.7 Å². The van der Waals surface area contributed by atoms with Gasteiger partial charge in [0.1, 0.15) is 11.5 Å². The fraction of sp³-hybridized carbons (Fsp3) is 0.0417. The lowest BCUT2D eigenvalue weighted by Crippen LogP contribution is -1.95. The number of furan rings is 1. The first kappa shape index (κ1) is 18.3. The maximum Gasteiger partial charge on any atom is 0.167 e. The van der Waals surface area contributed by atoms with E-state index >= 15 is 0 Å². The Morgan fingerprint density at radius 1 is 0.828 bits per heavy atom. The van der Waals surface area contributed by atoms with Gasteiger partial charge in [-0.15, -0.1) is 0 Å². The summed E-state index contributed by atoms with van der Waals surface area (Å²) in [6.45, 7) is 0. The predicted octanol–water partition coefficient (Wildman–Crippen LogP) is 7.47. The monoisotopic (exact) mass is 460 g/mol. The van der Waals surface area contributed by atoms with Gasteiger partial charge in [-0.05, 0) is 42.0 Å². The van der Waals surface area contributed by atoms with E-state index < -0.39 is 0 Å². The van der Waals surface area contributed by atoms with Crippen LogP contribution in [0.3, 0.4) is 0 Å². The van der Waals surface area contributed by atoms with Crippen molar-refractivity contribution in [1.82, 2.24) is 9.97 Å². The summed E-state index contributed by atoms with van der Waals surface area (Å²) >= 11 is 5.15. The fourth-order valence-electron chi connectivity index (χ4n) is 3.28. The van der Waals surface area contributed by atoms with Gasteiger partial charge < -0.3 is 9.40 Å². The normalized spacial score (nSPS) is 12.3. The predicted molar refractivity (Wildman–Crippen MR) is 122 cm³/mol. The number of benzene rings is 3. The largest absolute Gasteiger partial charge is 0.460 e. The molecule has 1 unspecified atom stereocenters. The van der Waals surface area contributed by atoms with E-state index in [0.29, 0.717) is 0 Å². The van der Waals surface area contributed by atoms with Crippen molar-refractivity contribution in [3.8, 4) is 11.3 Å². The first-order chi connectivity index (χ1) is 14.3. The van der Waals surface area contributed by atoms with E-state index in [1.54, 1.807) is 11.8 Å². The van der Waals surface area contributed by atoms with Crippen LogP contribution in [0.15, 0.2) is 105 Å². The number of rotatable bonds is 5. The Morgan fingerprint density at radius 2 is 1.59 bits per heavy atom. The SMILES string of the molecule is Brc1ccc(-c2ccc(C(Sc3nc4ccccc4[nH]3)c3ccccc3)o2)cc1. The molecule has 0 fully saturated rings. The van der Waals surface area contributed by atoms with Crippen molar-refractivity contribution in [1.29, 1.82) is 0 Å². The van der Waals surface area contributed by atoms with Crippen LogP contribution in [0.4, 0.5) is 0 Å². The Hall–Kier alpha value is -2.76. The summed E-state index contributed by atoms with van der Waals surface area (Å²) in [5.41, 5.74) is 4.24. The molecule has 2 aromatic heterocycles. The van der Waals surface area contributed by atoms with Gasteiger partial charge in [-0.1, -0.05) is 82.3 Å². The molecule has 142 valence electrons. The van der Waals surface area contributed by atoms with Crippen LogP contribution >= 0.6 is 27.7 Å². The van der Waals surface area contributed by atoms with Gasteiger partial charge in [-0.2, -0.15) is 0 Å². The van der Waals surface area contributed by atoms with E-state index in [4.69, 9.17) is 9.40 Å². The maximum absolute atomic E-state index is 6.29. The van der Waals surface area contributed by atoms with E-state index in [1.165, 1.54) is 5.56 Å². The molecule has 0 aliphatic rings. The highest BCUT2D eigenvalue weighted by Gasteiger charge is 2.21. The number of fused-ring (bicyclic) bond motifs is 1. The number of halogens is 1. The summed E-state index contributed by atoms with van der Waals surface area (Å²) in [5, 5.41) is 0.877. The number of nitrogens with zero attached hydrogens (tertiary/aromatic N) is 1. The molecule has 0 saturated heterocycles. The van der Waals surface area contributed by atoms with E-state index in [1.807, 2.05) is 48.5 Å². The highest BCUT2D eigenvalue weighted by molar-refractivity contribution is 9.10. The number of imidazole rings is 1. The summed E-state index contributed by atoms with van der Waals surface area (Å²) in [4.78, 5) is 8.15. The quantitative estimate of drug-likeness (QED) is 0.276. The second-order valence-corrected chi connectivity index (χ2v) is 8.69. The van der Waals surface area contributed by atoms with Gasteiger partial charge in [0.25, 0.3) is 0 Å². The standard InChI is InChI=1S/C24H17BrN2OS/c25-18-12-10-16(11-13-18)21-14-15-22(28-21)23(17-6-2-1-3-7-17)29-24-26-19-8-4-5-9-20(19)27-24/h1-15,23H,(H,26,27). The minimum absolute atomic E-state index is 0.000889. The van der Waals surface area contributed by atoms with Crippen LogP contribution < -0.4 is 0 Å². The third kappa shape index (κ3) is 3.88. The molecule has 0 spiro atoms. The first-order valence-corrected chi connectivity index (χ1v) is 11.0. The molecule has 29 heavy (non-hydrogen) atoms. The van der Waals surface area contributed by atoms with Gasteiger partial charge in [0.15, 0.2) is 5.16 Å². The molecule has 5 rings (SSSR count). The van der Waals surface area contributed by atoms with Crippen LogP contribution in [-0.4, -0.2) is 9.97 Å². The Balaban J connectivity index is 1.52. The van der Waals surface area contributed by atoms with Crippen LogP contribution in [0.1, 0.15) is 16.6 Å². The number of thioether (sulfide) groups is 1. The van der Waals surface area contributed by atoms with Crippen molar-refractivity contribution in [3.63, 3.8) is 0 Å². The second-order valence-electron chi connectivity index (χ2n) is 6.68. The topological polar surface area (TPSA) is 41.8 Å². The molecule has 0 radical (unpaired) electrons. The third-order valence-electron chi connectivity index (χ3n) is 4.71. The fourth-order valence-corrected chi connectivity index (χ4v) is 4.62. The highest BCUT2D eigenvalue weighted by atomic mass is 79.9. The van der Waals surface area contributed by atoms with Gasteiger partial charge in [0, 0.05) is 10.0 Å². The van der Waals surface area contributed by atoms with E-state index in [-0.39, 0.29) is 5.25 Å². The Morgan fingerprint density at radius 3 is 2.38 bits per heavy atom. The summed E-state index contributed by atoms with van der Waals surface area (Å²) in [5.74, 6) is 1.76. The zero-order valence-corrected chi connectivity index (χ0v) is 17.8. The smallest absolute Gasteiger partial charge is 0.167 e. The van der Waals surface area contributed by atoms with Crippen LogP contribution in [0, 0.1) is 0 Å². The van der Waals surface area contributed by atoms with E-state index in [2.05, 4.69) is 63.4 Å². The Bertz CT molecular complexity index is 1210. The van der Waals surface area contributed by atoms with Gasteiger partial charge >= 0.3 is 0 Å². The maximum atomic E-state index is 6.29. The number of H-pyrrole nitrogens is 1. The molecule has 1 atom stereocenters. The van der Waals surface area contributed by atoms with Gasteiger partial charge in [-0.3, -0.25) is 0 Å². The number of aromatic nitrogens is 2. The Kier molecular flexibility index (Phi) is 5.00. The second kappa shape index (κ2) is 7.93.